The molecule has 0 spiro atoms. The molecule has 0 aliphatic carbocycles. The predicted molar refractivity (Wildman–Crippen MR) is 112 cm³/mol. The van der Waals surface area contributed by atoms with E-state index in [0.717, 1.165) is 5.56 Å². The van der Waals surface area contributed by atoms with Crippen LogP contribution >= 0.6 is 11.6 Å². The maximum atomic E-state index is 12.6. The van der Waals surface area contributed by atoms with Crippen molar-refractivity contribution in [2.24, 2.45) is 5.73 Å². The van der Waals surface area contributed by atoms with E-state index in [9.17, 15) is 13.2 Å². The number of primary amides is 1. The van der Waals surface area contributed by atoms with Crippen molar-refractivity contribution in [2.75, 3.05) is 4.72 Å². The molecule has 0 fully saturated rings. The summed E-state index contributed by atoms with van der Waals surface area (Å²) >= 11 is 6.22. The minimum Gasteiger partial charge on any atom is -0.366 e. The van der Waals surface area contributed by atoms with Gasteiger partial charge in [-0.05, 0) is 54.6 Å². The number of anilines is 1. The first-order chi connectivity index (χ1) is 13.8. The molecule has 1 aromatic heterocycles. The Balaban J connectivity index is 1.64. The van der Waals surface area contributed by atoms with E-state index in [0.29, 0.717) is 27.6 Å². The fourth-order valence-corrected chi connectivity index (χ4v) is 4.14. The molecule has 0 unspecified atom stereocenters. The maximum absolute atomic E-state index is 12.6. The van der Waals surface area contributed by atoms with Gasteiger partial charge in [0.2, 0.25) is 5.91 Å². The number of sulfonamides is 1. The summed E-state index contributed by atoms with van der Waals surface area (Å²) in [6, 6.07) is 17.7. The number of hydrogen-bond acceptors (Lipinski definition) is 4. The molecule has 7 nitrogen and oxygen atoms in total. The molecule has 0 radical (unpaired) electrons. The number of halogens is 1. The zero-order valence-electron chi connectivity index (χ0n) is 14.9. The molecule has 0 saturated heterocycles. The van der Waals surface area contributed by atoms with Gasteiger partial charge in [0.1, 0.15) is 5.82 Å². The number of rotatable bonds is 5. The number of aromatic amines is 1. The second kappa shape index (κ2) is 7.23. The highest BCUT2D eigenvalue weighted by atomic mass is 35.5. The second-order valence-corrected chi connectivity index (χ2v) is 8.38. The van der Waals surface area contributed by atoms with Gasteiger partial charge in [0.25, 0.3) is 10.0 Å². The number of aromatic nitrogens is 2. The Morgan fingerprint density at radius 1 is 1.03 bits per heavy atom. The van der Waals surface area contributed by atoms with Crippen LogP contribution in [-0.2, 0) is 10.0 Å². The number of fused-ring (bicyclic) bond motifs is 1. The van der Waals surface area contributed by atoms with E-state index < -0.39 is 15.9 Å². The number of H-pyrrole nitrogens is 1. The van der Waals surface area contributed by atoms with Crippen LogP contribution in [-0.4, -0.2) is 24.3 Å². The Morgan fingerprint density at radius 3 is 2.45 bits per heavy atom. The quantitative estimate of drug-likeness (QED) is 0.450. The lowest BCUT2D eigenvalue weighted by molar-refractivity contribution is 0.1000. The third-order valence-electron chi connectivity index (χ3n) is 4.31. The molecule has 0 saturated carbocycles. The molecule has 4 aromatic rings. The number of carbonyl (C=O) groups is 1. The van der Waals surface area contributed by atoms with Gasteiger partial charge < -0.3 is 10.7 Å². The van der Waals surface area contributed by atoms with Gasteiger partial charge >= 0.3 is 0 Å². The fourth-order valence-electron chi connectivity index (χ4n) is 2.87. The van der Waals surface area contributed by atoms with Gasteiger partial charge in [-0.25, -0.2) is 13.4 Å². The van der Waals surface area contributed by atoms with Gasteiger partial charge in [-0.2, -0.15) is 0 Å². The number of amides is 1. The third-order valence-corrected chi connectivity index (χ3v) is 6.04. The normalized spacial score (nSPS) is 11.5. The van der Waals surface area contributed by atoms with Crippen molar-refractivity contribution < 1.29 is 13.2 Å². The Kier molecular flexibility index (Phi) is 4.73. The molecule has 29 heavy (non-hydrogen) atoms. The molecule has 0 bridgehead atoms. The van der Waals surface area contributed by atoms with E-state index >= 15 is 0 Å². The van der Waals surface area contributed by atoms with Gasteiger partial charge in [-0.1, -0.05) is 23.7 Å². The summed E-state index contributed by atoms with van der Waals surface area (Å²) in [6.45, 7) is 0. The molecule has 4 rings (SSSR count). The van der Waals surface area contributed by atoms with Gasteiger partial charge in [-0.15, -0.1) is 0 Å². The molecule has 0 aliphatic rings. The van der Waals surface area contributed by atoms with E-state index in [1.807, 2.05) is 18.2 Å². The minimum absolute atomic E-state index is 0.0176. The highest BCUT2D eigenvalue weighted by Crippen LogP contribution is 2.28. The van der Waals surface area contributed by atoms with E-state index in [1.54, 1.807) is 24.3 Å². The van der Waals surface area contributed by atoms with Crippen LogP contribution in [0, 0.1) is 0 Å². The molecule has 4 N–H and O–H groups in total. The van der Waals surface area contributed by atoms with Crippen LogP contribution in [0.25, 0.3) is 22.4 Å². The smallest absolute Gasteiger partial charge is 0.261 e. The van der Waals surface area contributed by atoms with Crippen LogP contribution in [0.5, 0.6) is 0 Å². The summed E-state index contributed by atoms with van der Waals surface area (Å²) in [7, 11) is -3.83. The summed E-state index contributed by atoms with van der Waals surface area (Å²) in [5.41, 5.74) is 7.86. The summed E-state index contributed by atoms with van der Waals surface area (Å²) in [4.78, 5) is 18.8. The lowest BCUT2D eigenvalue weighted by Gasteiger charge is -2.08. The second-order valence-electron chi connectivity index (χ2n) is 6.29. The Bertz CT molecular complexity index is 1330. The first-order valence-electron chi connectivity index (χ1n) is 8.51. The molecular weight excluding hydrogens is 412 g/mol. The van der Waals surface area contributed by atoms with Crippen molar-refractivity contribution in [3.8, 4) is 11.4 Å². The number of benzene rings is 3. The van der Waals surface area contributed by atoms with Crippen LogP contribution in [0.3, 0.4) is 0 Å². The lowest BCUT2D eigenvalue weighted by Crippen LogP contribution is -2.14. The number of hydrogen-bond donors (Lipinski definition) is 3. The fraction of sp³-hybridized carbons (Fsp3) is 0. The summed E-state index contributed by atoms with van der Waals surface area (Å²) < 4.78 is 27.8. The number of carbonyl (C=O) groups excluding carboxylic acids is 1. The van der Waals surface area contributed by atoms with E-state index in [1.165, 1.54) is 24.3 Å². The van der Waals surface area contributed by atoms with Crippen LogP contribution < -0.4 is 10.5 Å². The average Bonchev–Trinajstić information content (AvgIpc) is 3.11. The topological polar surface area (TPSA) is 118 Å². The first kappa shape index (κ1) is 19.0. The zero-order valence-corrected chi connectivity index (χ0v) is 16.5. The average molecular weight is 427 g/mol. The molecule has 1 heterocycles. The van der Waals surface area contributed by atoms with Crippen LogP contribution in [0.15, 0.2) is 71.6 Å². The Morgan fingerprint density at radius 2 is 1.76 bits per heavy atom. The standard InChI is InChI=1S/C20H15ClN4O3S/c21-16-4-2-1-3-15(16)20-23-17-10-7-13(11-18(17)24-20)25-29(27,28)14-8-5-12(6-9-14)19(22)26/h1-11,25H,(H2,22,26)(H,23,24). The molecule has 0 atom stereocenters. The Labute approximate surface area is 171 Å². The minimum atomic E-state index is -3.83. The molecule has 1 amide bonds. The van der Waals surface area contributed by atoms with Gasteiger partial charge in [0.05, 0.1) is 26.6 Å². The zero-order chi connectivity index (χ0) is 20.6. The molecule has 3 aromatic carbocycles. The lowest BCUT2D eigenvalue weighted by atomic mass is 10.2. The molecule has 146 valence electrons. The third kappa shape index (κ3) is 3.80. The molecule has 9 heteroatoms. The van der Waals surface area contributed by atoms with Crippen molar-refractivity contribution >= 4 is 44.3 Å². The van der Waals surface area contributed by atoms with Crippen LogP contribution in [0.1, 0.15) is 10.4 Å². The van der Waals surface area contributed by atoms with Crippen molar-refractivity contribution in [1.82, 2.24) is 9.97 Å². The van der Waals surface area contributed by atoms with E-state index in [4.69, 9.17) is 17.3 Å². The SMILES string of the molecule is NC(=O)c1ccc(S(=O)(=O)Nc2ccc3nc(-c4ccccc4Cl)[nH]c3c2)cc1. The number of nitrogens with zero attached hydrogens (tertiary/aromatic N) is 1. The molecular formula is C20H15ClN4O3S. The highest BCUT2D eigenvalue weighted by molar-refractivity contribution is 7.92. The summed E-state index contributed by atoms with van der Waals surface area (Å²) in [6.07, 6.45) is 0. The predicted octanol–water partition coefficient (Wildman–Crippen LogP) is 3.78. The van der Waals surface area contributed by atoms with Gasteiger partial charge in [0.15, 0.2) is 0 Å². The van der Waals surface area contributed by atoms with Crippen molar-refractivity contribution in [1.29, 1.82) is 0 Å². The largest absolute Gasteiger partial charge is 0.366 e. The van der Waals surface area contributed by atoms with E-state index in [2.05, 4.69) is 14.7 Å². The number of imidazole rings is 1. The van der Waals surface area contributed by atoms with Gasteiger partial charge in [-0.3, -0.25) is 9.52 Å². The number of nitrogens with two attached hydrogens (primary N) is 1. The monoisotopic (exact) mass is 426 g/mol. The molecule has 0 aliphatic heterocycles. The highest BCUT2D eigenvalue weighted by Gasteiger charge is 2.16. The van der Waals surface area contributed by atoms with Crippen LogP contribution in [0.2, 0.25) is 5.02 Å². The van der Waals surface area contributed by atoms with Crippen molar-refractivity contribution in [3.05, 3.63) is 77.3 Å². The van der Waals surface area contributed by atoms with Crippen molar-refractivity contribution in [2.45, 2.75) is 4.90 Å². The summed E-state index contributed by atoms with van der Waals surface area (Å²) in [5.74, 6) is -0.0337. The number of nitrogens with one attached hydrogen (secondary N) is 2. The van der Waals surface area contributed by atoms with Crippen molar-refractivity contribution in [3.63, 3.8) is 0 Å². The maximum Gasteiger partial charge on any atom is 0.261 e. The van der Waals surface area contributed by atoms with Crippen LogP contribution in [0.4, 0.5) is 5.69 Å². The summed E-state index contributed by atoms with van der Waals surface area (Å²) in [5, 5.41) is 0.562. The van der Waals surface area contributed by atoms with Gasteiger partial charge in [0, 0.05) is 11.1 Å². The van der Waals surface area contributed by atoms with E-state index in [-0.39, 0.29) is 10.5 Å². The first-order valence-corrected chi connectivity index (χ1v) is 10.4. The Hall–Kier alpha value is -3.36.